The van der Waals surface area contributed by atoms with Crippen molar-refractivity contribution in [1.82, 2.24) is 4.98 Å². The van der Waals surface area contributed by atoms with Crippen molar-refractivity contribution in [2.24, 2.45) is 0 Å². The minimum absolute atomic E-state index is 0.0833. The zero-order chi connectivity index (χ0) is 21.0. The number of carboxylic acids is 2. The molecule has 0 spiro atoms. The molecule has 0 atom stereocenters. The molecule has 7 heteroatoms. The first-order valence-corrected chi connectivity index (χ1v) is 8.63. The lowest BCUT2D eigenvalue weighted by atomic mass is 10.1. The summed E-state index contributed by atoms with van der Waals surface area (Å²) in [7, 11) is 3.30. The molecular weight excluding hydrogens is 374 g/mol. The summed E-state index contributed by atoms with van der Waals surface area (Å²) in [4.78, 5) is 24.0. The van der Waals surface area contributed by atoms with Crippen LogP contribution in [-0.4, -0.2) is 41.4 Å². The molecule has 3 aromatic carbocycles. The molecule has 1 aromatic heterocycles. The quantitative estimate of drug-likeness (QED) is 0.474. The van der Waals surface area contributed by atoms with Crippen molar-refractivity contribution >= 4 is 33.7 Å². The molecule has 4 rings (SSSR count). The van der Waals surface area contributed by atoms with Gasteiger partial charge in [-0.2, -0.15) is 0 Å². The summed E-state index contributed by atoms with van der Waals surface area (Å²) in [6, 6.07) is 17.2. The van der Waals surface area contributed by atoms with Gasteiger partial charge in [0.1, 0.15) is 0 Å². The number of aromatic carboxylic acids is 2. The number of rotatable bonds is 4. The van der Waals surface area contributed by atoms with Crippen LogP contribution >= 0.6 is 0 Å². The second-order valence-electron chi connectivity index (χ2n) is 6.11. The van der Waals surface area contributed by atoms with Crippen LogP contribution in [0.4, 0.5) is 0 Å². The smallest absolute Gasteiger partial charge is 0.335 e. The summed E-state index contributed by atoms with van der Waals surface area (Å²) in [6.07, 6.45) is 0. The molecule has 0 aliphatic rings. The maximum atomic E-state index is 10.3. The molecular formula is C22H19NO6. The van der Waals surface area contributed by atoms with Crippen LogP contribution < -0.4 is 9.47 Å². The van der Waals surface area contributed by atoms with Crippen molar-refractivity contribution in [2.75, 3.05) is 14.2 Å². The van der Waals surface area contributed by atoms with E-state index in [0.29, 0.717) is 0 Å². The summed E-state index contributed by atoms with van der Waals surface area (Å²) < 4.78 is 10.6. The lowest BCUT2D eigenvalue weighted by molar-refractivity contribution is 0.0681. The van der Waals surface area contributed by atoms with Gasteiger partial charge in [0, 0.05) is 22.4 Å². The number of hydrogen-bond acceptors (Lipinski definition) is 4. The van der Waals surface area contributed by atoms with Crippen LogP contribution in [0.1, 0.15) is 20.7 Å². The average Bonchev–Trinajstić information content (AvgIpc) is 3.10. The van der Waals surface area contributed by atoms with E-state index in [0.717, 1.165) is 27.9 Å². The van der Waals surface area contributed by atoms with E-state index in [1.807, 2.05) is 24.3 Å². The molecule has 0 aliphatic carbocycles. The van der Waals surface area contributed by atoms with Gasteiger partial charge in [0.25, 0.3) is 0 Å². The van der Waals surface area contributed by atoms with E-state index in [1.54, 1.807) is 14.2 Å². The number of aromatic amines is 1. The van der Waals surface area contributed by atoms with Crippen LogP contribution in [-0.2, 0) is 0 Å². The summed E-state index contributed by atoms with van der Waals surface area (Å²) >= 11 is 0. The summed E-state index contributed by atoms with van der Waals surface area (Å²) in [5.74, 6) is -0.629. The number of fused-ring (bicyclic) bond motifs is 3. The number of hydrogen-bond donors (Lipinski definition) is 3. The highest BCUT2D eigenvalue weighted by atomic mass is 16.5. The minimum atomic E-state index is -1.06. The van der Waals surface area contributed by atoms with Gasteiger partial charge in [0.2, 0.25) is 0 Å². The van der Waals surface area contributed by atoms with Crippen molar-refractivity contribution < 1.29 is 29.3 Å². The maximum absolute atomic E-state index is 10.3. The fourth-order valence-electron chi connectivity index (χ4n) is 2.93. The van der Waals surface area contributed by atoms with Gasteiger partial charge in [-0.05, 0) is 36.4 Å². The zero-order valence-electron chi connectivity index (χ0n) is 15.8. The number of aromatic nitrogens is 1. The Hall–Kier alpha value is -4.00. The van der Waals surface area contributed by atoms with E-state index < -0.39 is 11.9 Å². The number of para-hydroxylation sites is 1. The van der Waals surface area contributed by atoms with E-state index in [1.165, 1.54) is 29.7 Å². The van der Waals surface area contributed by atoms with E-state index in [-0.39, 0.29) is 11.1 Å². The summed E-state index contributed by atoms with van der Waals surface area (Å²) in [5.41, 5.74) is 2.35. The standard InChI is InChI=1S/C14H13NO2.C8H6O4/c1-16-13-7-10-9-5-3-4-6-11(9)15-12(10)8-14(13)17-2;9-7(10)5-1-2-6(4-3-5)8(11)12/h3-8,15H,1-2H3;1-4H,(H,9,10)(H,11,12). The Kier molecular flexibility index (Phi) is 5.69. The molecule has 0 radical (unpaired) electrons. The molecule has 0 unspecified atom stereocenters. The lowest BCUT2D eigenvalue weighted by Gasteiger charge is -2.07. The molecule has 4 aromatic rings. The van der Waals surface area contributed by atoms with Gasteiger partial charge in [-0.3, -0.25) is 0 Å². The highest BCUT2D eigenvalue weighted by molar-refractivity contribution is 6.08. The number of nitrogens with one attached hydrogen (secondary N) is 1. The Labute approximate surface area is 166 Å². The van der Waals surface area contributed by atoms with Crippen LogP contribution in [0.3, 0.4) is 0 Å². The second kappa shape index (κ2) is 8.35. The van der Waals surface area contributed by atoms with Gasteiger partial charge in [-0.15, -0.1) is 0 Å². The maximum Gasteiger partial charge on any atom is 0.335 e. The monoisotopic (exact) mass is 393 g/mol. The predicted molar refractivity (Wildman–Crippen MR) is 109 cm³/mol. The zero-order valence-corrected chi connectivity index (χ0v) is 15.8. The highest BCUT2D eigenvalue weighted by Gasteiger charge is 2.10. The van der Waals surface area contributed by atoms with Crippen molar-refractivity contribution in [3.63, 3.8) is 0 Å². The third kappa shape index (κ3) is 4.14. The first kappa shape index (κ1) is 19.8. The SMILES string of the molecule is COc1cc2[nH]c3ccccc3c2cc1OC.O=C(O)c1ccc(C(=O)O)cc1. The number of H-pyrrole nitrogens is 1. The first-order chi connectivity index (χ1) is 13.9. The summed E-state index contributed by atoms with van der Waals surface area (Å²) in [6.45, 7) is 0. The molecule has 0 amide bonds. The molecule has 0 saturated carbocycles. The summed E-state index contributed by atoms with van der Waals surface area (Å²) in [5, 5.41) is 19.3. The van der Waals surface area contributed by atoms with Crippen molar-refractivity contribution in [3.8, 4) is 11.5 Å². The Morgan fingerprint density at radius 1 is 0.724 bits per heavy atom. The number of carboxylic acid groups (broad SMARTS) is 2. The second-order valence-corrected chi connectivity index (χ2v) is 6.11. The number of benzene rings is 3. The topological polar surface area (TPSA) is 109 Å². The van der Waals surface area contributed by atoms with Crippen LogP contribution in [0, 0.1) is 0 Å². The fraction of sp³-hybridized carbons (Fsp3) is 0.0909. The Balaban J connectivity index is 0.000000177. The first-order valence-electron chi connectivity index (χ1n) is 8.63. The Morgan fingerprint density at radius 2 is 1.24 bits per heavy atom. The van der Waals surface area contributed by atoms with Crippen molar-refractivity contribution in [1.29, 1.82) is 0 Å². The van der Waals surface area contributed by atoms with Crippen molar-refractivity contribution in [2.45, 2.75) is 0 Å². The molecule has 29 heavy (non-hydrogen) atoms. The third-order valence-corrected chi connectivity index (χ3v) is 4.39. The Morgan fingerprint density at radius 3 is 1.76 bits per heavy atom. The van der Waals surface area contributed by atoms with Gasteiger partial charge in [-0.1, -0.05) is 18.2 Å². The minimum Gasteiger partial charge on any atom is -0.493 e. The van der Waals surface area contributed by atoms with E-state index in [9.17, 15) is 9.59 Å². The van der Waals surface area contributed by atoms with Crippen molar-refractivity contribution in [3.05, 3.63) is 71.8 Å². The van der Waals surface area contributed by atoms with Gasteiger partial charge in [0.05, 0.1) is 30.9 Å². The van der Waals surface area contributed by atoms with Crippen LogP contribution in [0.15, 0.2) is 60.7 Å². The van der Waals surface area contributed by atoms with Gasteiger partial charge < -0.3 is 24.7 Å². The molecule has 0 fully saturated rings. The van der Waals surface area contributed by atoms with Crippen LogP contribution in [0.5, 0.6) is 11.5 Å². The van der Waals surface area contributed by atoms with Gasteiger partial charge >= 0.3 is 11.9 Å². The predicted octanol–water partition coefficient (Wildman–Crippen LogP) is 4.42. The van der Waals surface area contributed by atoms with E-state index in [4.69, 9.17) is 19.7 Å². The van der Waals surface area contributed by atoms with Gasteiger partial charge in [0.15, 0.2) is 11.5 Å². The Bertz CT molecular complexity index is 1140. The van der Waals surface area contributed by atoms with Gasteiger partial charge in [-0.25, -0.2) is 9.59 Å². The lowest BCUT2D eigenvalue weighted by Crippen LogP contribution is -1.99. The molecule has 3 N–H and O–H groups in total. The van der Waals surface area contributed by atoms with E-state index >= 15 is 0 Å². The highest BCUT2D eigenvalue weighted by Crippen LogP contribution is 2.35. The third-order valence-electron chi connectivity index (χ3n) is 4.39. The molecule has 0 bridgehead atoms. The average molecular weight is 393 g/mol. The largest absolute Gasteiger partial charge is 0.493 e. The molecule has 1 heterocycles. The molecule has 0 aliphatic heterocycles. The van der Waals surface area contributed by atoms with Crippen LogP contribution in [0.2, 0.25) is 0 Å². The number of carbonyl (C=O) groups is 2. The molecule has 148 valence electrons. The van der Waals surface area contributed by atoms with Crippen LogP contribution in [0.25, 0.3) is 21.8 Å². The normalized spacial score (nSPS) is 10.3. The molecule has 0 saturated heterocycles. The van der Waals surface area contributed by atoms with E-state index in [2.05, 4.69) is 17.1 Å². The number of methoxy groups -OCH3 is 2. The molecule has 7 nitrogen and oxygen atoms in total. The number of ether oxygens (including phenoxy) is 2. The fourth-order valence-corrected chi connectivity index (χ4v) is 2.93.